The first-order chi connectivity index (χ1) is 15.8. The van der Waals surface area contributed by atoms with E-state index in [9.17, 15) is 19.7 Å². The highest BCUT2D eigenvalue weighted by Gasteiger charge is 2.19. The third-order valence-corrected chi connectivity index (χ3v) is 6.65. The van der Waals surface area contributed by atoms with E-state index < -0.39 is 10.8 Å². The van der Waals surface area contributed by atoms with Gasteiger partial charge in [-0.3, -0.25) is 19.7 Å². The van der Waals surface area contributed by atoms with Gasteiger partial charge in [0, 0.05) is 39.0 Å². The van der Waals surface area contributed by atoms with Crippen molar-refractivity contribution in [2.75, 3.05) is 10.6 Å². The van der Waals surface area contributed by atoms with Crippen molar-refractivity contribution in [1.29, 1.82) is 0 Å². The minimum atomic E-state index is -0.547. The molecule has 3 aromatic carbocycles. The zero-order valence-electron chi connectivity index (χ0n) is 18.0. The highest BCUT2D eigenvalue weighted by atomic mass is 35.5. The van der Waals surface area contributed by atoms with E-state index in [1.807, 2.05) is 19.9 Å². The molecule has 0 heterocycles. The van der Waals surface area contributed by atoms with Crippen molar-refractivity contribution in [3.05, 3.63) is 93.0 Å². The first kappa shape index (κ1) is 24.3. The maximum absolute atomic E-state index is 12.8. The van der Waals surface area contributed by atoms with E-state index in [4.69, 9.17) is 11.6 Å². The van der Waals surface area contributed by atoms with Gasteiger partial charge in [-0.1, -0.05) is 36.7 Å². The molecule has 170 valence electrons. The Bertz CT molecular complexity index is 1200. The van der Waals surface area contributed by atoms with Gasteiger partial charge in [-0.05, 0) is 55.3 Å². The number of nitrogens with zero attached hydrogens (tertiary/aromatic N) is 1. The molecule has 1 atom stereocenters. The zero-order valence-corrected chi connectivity index (χ0v) is 19.6. The standard InChI is InChI=1S/C24H22ClN3O4S/c1-3-22(24(30)27-21-12-6-11-20(25)15(21)2)33-19-10-5-8-17(14-19)26-23(29)16-7-4-9-18(13-16)28(31)32/h4-14,22H,3H2,1-2H3,(H,26,29)(H,27,30). The van der Waals surface area contributed by atoms with Gasteiger partial charge in [-0.15, -0.1) is 11.8 Å². The Morgan fingerprint density at radius 1 is 1.06 bits per heavy atom. The van der Waals surface area contributed by atoms with Crippen LogP contribution >= 0.6 is 23.4 Å². The minimum Gasteiger partial charge on any atom is -0.325 e. The predicted molar refractivity (Wildman–Crippen MR) is 132 cm³/mol. The van der Waals surface area contributed by atoms with Crippen LogP contribution in [0.15, 0.2) is 71.6 Å². The molecule has 2 amide bonds. The second-order valence-corrected chi connectivity index (χ2v) is 8.89. The van der Waals surface area contributed by atoms with Crippen LogP contribution in [0.1, 0.15) is 29.3 Å². The Morgan fingerprint density at radius 2 is 1.79 bits per heavy atom. The summed E-state index contributed by atoms with van der Waals surface area (Å²) in [4.78, 5) is 36.6. The molecule has 3 rings (SSSR count). The molecule has 0 radical (unpaired) electrons. The molecule has 33 heavy (non-hydrogen) atoms. The van der Waals surface area contributed by atoms with Gasteiger partial charge in [-0.2, -0.15) is 0 Å². The molecule has 3 aromatic rings. The summed E-state index contributed by atoms with van der Waals surface area (Å²) in [5.41, 5.74) is 2.03. The molecule has 1 unspecified atom stereocenters. The van der Waals surface area contributed by atoms with Crippen molar-refractivity contribution < 1.29 is 14.5 Å². The highest BCUT2D eigenvalue weighted by molar-refractivity contribution is 8.00. The van der Waals surface area contributed by atoms with Crippen LogP contribution in [0.25, 0.3) is 0 Å². The lowest BCUT2D eigenvalue weighted by atomic mass is 10.2. The zero-order chi connectivity index (χ0) is 24.0. The molecule has 0 aliphatic heterocycles. The fourth-order valence-corrected chi connectivity index (χ4v) is 4.24. The number of hydrogen-bond donors (Lipinski definition) is 2. The van der Waals surface area contributed by atoms with Crippen LogP contribution in [0, 0.1) is 17.0 Å². The van der Waals surface area contributed by atoms with Crippen LogP contribution in [0.2, 0.25) is 5.02 Å². The monoisotopic (exact) mass is 483 g/mol. The third-order valence-electron chi connectivity index (χ3n) is 4.88. The smallest absolute Gasteiger partial charge is 0.270 e. The summed E-state index contributed by atoms with van der Waals surface area (Å²) >= 11 is 7.53. The van der Waals surface area contributed by atoms with Crippen LogP contribution in [0.3, 0.4) is 0 Å². The Morgan fingerprint density at radius 3 is 2.52 bits per heavy atom. The lowest BCUT2D eigenvalue weighted by Gasteiger charge is -2.17. The molecule has 0 aliphatic rings. The number of rotatable bonds is 8. The average Bonchev–Trinajstić information content (AvgIpc) is 2.80. The molecule has 7 nitrogen and oxygen atoms in total. The number of amides is 2. The van der Waals surface area contributed by atoms with Gasteiger partial charge in [0.05, 0.1) is 10.2 Å². The van der Waals surface area contributed by atoms with E-state index in [1.165, 1.54) is 36.0 Å². The first-order valence-electron chi connectivity index (χ1n) is 10.2. The van der Waals surface area contributed by atoms with Gasteiger partial charge in [0.25, 0.3) is 11.6 Å². The van der Waals surface area contributed by atoms with Crippen LogP contribution in [0.4, 0.5) is 17.1 Å². The van der Waals surface area contributed by atoms with Crippen molar-refractivity contribution in [1.82, 2.24) is 0 Å². The molecule has 0 aliphatic carbocycles. The van der Waals surface area contributed by atoms with E-state index in [2.05, 4.69) is 10.6 Å². The Kier molecular flexibility index (Phi) is 8.08. The molecule has 0 fully saturated rings. The quantitative estimate of drug-likeness (QED) is 0.222. The maximum atomic E-state index is 12.8. The maximum Gasteiger partial charge on any atom is 0.270 e. The SMILES string of the molecule is CCC(Sc1cccc(NC(=O)c2cccc([N+](=O)[O-])c2)c1)C(=O)Nc1cccc(Cl)c1C. The predicted octanol–water partition coefficient (Wildman–Crippen LogP) is 6.32. The van der Waals surface area contributed by atoms with Crippen molar-refractivity contribution in [3.8, 4) is 0 Å². The summed E-state index contributed by atoms with van der Waals surface area (Å²) < 4.78 is 0. The van der Waals surface area contributed by atoms with Crippen LogP contribution < -0.4 is 10.6 Å². The van der Waals surface area contributed by atoms with Gasteiger partial charge >= 0.3 is 0 Å². The lowest BCUT2D eigenvalue weighted by Crippen LogP contribution is -2.25. The summed E-state index contributed by atoms with van der Waals surface area (Å²) in [5.74, 6) is -0.596. The molecular weight excluding hydrogens is 462 g/mol. The lowest BCUT2D eigenvalue weighted by molar-refractivity contribution is -0.384. The third kappa shape index (κ3) is 6.34. The van der Waals surface area contributed by atoms with E-state index in [0.717, 1.165) is 10.5 Å². The summed E-state index contributed by atoms with van der Waals surface area (Å²) in [6, 6.07) is 18.0. The number of hydrogen-bond acceptors (Lipinski definition) is 5. The largest absolute Gasteiger partial charge is 0.325 e. The van der Waals surface area contributed by atoms with E-state index in [1.54, 1.807) is 36.4 Å². The number of anilines is 2. The molecule has 2 N–H and O–H groups in total. The summed E-state index contributed by atoms with van der Waals surface area (Å²) in [5, 5.41) is 16.9. The Labute approximate surface area is 200 Å². The van der Waals surface area contributed by atoms with E-state index in [-0.39, 0.29) is 22.4 Å². The highest BCUT2D eigenvalue weighted by Crippen LogP contribution is 2.30. The normalized spacial score (nSPS) is 11.5. The molecule has 0 saturated carbocycles. The average molecular weight is 484 g/mol. The van der Waals surface area contributed by atoms with Gasteiger partial charge in [0.1, 0.15) is 0 Å². The topological polar surface area (TPSA) is 101 Å². The first-order valence-corrected chi connectivity index (χ1v) is 11.4. The second-order valence-electron chi connectivity index (χ2n) is 7.21. The molecule has 0 saturated heterocycles. The molecule has 0 bridgehead atoms. The Hall–Kier alpha value is -3.36. The molecule has 0 aromatic heterocycles. The van der Waals surface area contributed by atoms with Gasteiger partial charge in [0.2, 0.25) is 5.91 Å². The Balaban J connectivity index is 1.69. The van der Waals surface area contributed by atoms with Crippen LogP contribution in [0.5, 0.6) is 0 Å². The number of nitro groups is 1. The van der Waals surface area contributed by atoms with Crippen molar-refractivity contribution >= 4 is 52.2 Å². The van der Waals surface area contributed by atoms with E-state index in [0.29, 0.717) is 22.8 Å². The number of carbonyl (C=O) groups is 2. The van der Waals surface area contributed by atoms with Gasteiger partial charge in [0.15, 0.2) is 0 Å². The van der Waals surface area contributed by atoms with E-state index >= 15 is 0 Å². The van der Waals surface area contributed by atoms with Gasteiger partial charge in [-0.25, -0.2) is 0 Å². The number of benzene rings is 3. The molecule has 0 spiro atoms. The molecule has 9 heteroatoms. The number of nitrogens with one attached hydrogen (secondary N) is 2. The van der Waals surface area contributed by atoms with Crippen LogP contribution in [-0.4, -0.2) is 22.0 Å². The fraction of sp³-hybridized carbons (Fsp3) is 0.167. The number of non-ortho nitro benzene ring substituents is 1. The summed E-state index contributed by atoms with van der Waals surface area (Å²) in [6.07, 6.45) is 0.598. The summed E-state index contributed by atoms with van der Waals surface area (Å²) in [6.45, 7) is 3.77. The number of carbonyl (C=O) groups excluding carboxylic acids is 2. The van der Waals surface area contributed by atoms with Crippen LogP contribution in [-0.2, 0) is 4.79 Å². The number of thioether (sulfide) groups is 1. The fourth-order valence-electron chi connectivity index (χ4n) is 3.05. The summed E-state index contributed by atoms with van der Waals surface area (Å²) in [7, 11) is 0. The second kappa shape index (κ2) is 11.0. The number of halogens is 1. The van der Waals surface area contributed by atoms with Crippen molar-refractivity contribution in [2.45, 2.75) is 30.4 Å². The van der Waals surface area contributed by atoms with Crippen molar-refractivity contribution in [3.63, 3.8) is 0 Å². The van der Waals surface area contributed by atoms with Crippen molar-refractivity contribution in [2.24, 2.45) is 0 Å². The molecular formula is C24H22ClN3O4S. The van der Waals surface area contributed by atoms with Gasteiger partial charge < -0.3 is 10.6 Å². The minimum absolute atomic E-state index is 0.140. The number of nitro benzene ring substituents is 1.